The molecule has 63 heavy (non-hydrogen) atoms. The number of nitrogens with zero attached hydrogens (tertiary/aromatic N) is 1. The lowest BCUT2D eigenvalue weighted by Gasteiger charge is -2.31. The lowest BCUT2D eigenvalue weighted by Crippen LogP contribution is -2.50. The van der Waals surface area contributed by atoms with E-state index in [0.717, 1.165) is 57.8 Å². The van der Waals surface area contributed by atoms with Gasteiger partial charge in [-0.15, -0.1) is 0 Å². The smallest absolute Gasteiger partial charge is 0.362 e. The second-order valence-corrected chi connectivity index (χ2v) is 18.7. The first-order chi connectivity index (χ1) is 30.6. The predicted molar refractivity (Wildman–Crippen MR) is 266 cm³/mol. The topological polar surface area (TPSA) is 99.1 Å². The fourth-order valence-corrected chi connectivity index (χ4v) is 7.69. The van der Waals surface area contributed by atoms with Crippen molar-refractivity contribution in [3.63, 3.8) is 0 Å². The summed E-state index contributed by atoms with van der Waals surface area (Å²) in [5.41, 5.74) is 0. The summed E-state index contributed by atoms with van der Waals surface area (Å²) in [6, 6.07) is -0.617. The van der Waals surface area contributed by atoms with Crippen LogP contribution in [-0.4, -0.2) is 80.6 Å². The van der Waals surface area contributed by atoms with Gasteiger partial charge in [-0.25, -0.2) is 4.79 Å². The normalized spacial score (nSPS) is 13.2. The van der Waals surface area contributed by atoms with Crippen LogP contribution in [0.3, 0.4) is 0 Å². The maximum Gasteiger partial charge on any atom is 0.362 e. The molecular weight excluding hydrogens is 787 g/mol. The average Bonchev–Trinajstić information content (AvgIpc) is 3.24. The summed E-state index contributed by atoms with van der Waals surface area (Å²) in [4.78, 5) is 37.2. The van der Waals surface area contributed by atoms with Crippen molar-refractivity contribution in [3.8, 4) is 0 Å². The van der Waals surface area contributed by atoms with Crippen LogP contribution < -0.4 is 0 Å². The van der Waals surface area contributed by atoms with Gasteiger partial charge in [0.05, 0.1) is 34.4 Å². The summed E-state index contributed by atoms with van der Waals surface area (Å²) in [7, 11) is 5.54. The van der Waals surface area contributed by atoms with Crippen molar-refractivity contribution in [3.05, 3.63) is 48.6 Å². The summed E-state index contributed by atoms with van der Waals surface area (Å²) in [6.45, 7) is 4.64. The summed E-state index contributed by atoms with van der Waals surface area (Å²) >= 11 is 0. The number of unbranched alkanes of at least 4 members (excludes halogenated alkanes) is 25. The molecule has 0 radical (unpaired) electrons. The van der Waals surface area contributed by atoms with Crippen LogP contribution in [0.1, 0.15) is 232 Å². The van der Waals surface area contributed by atoms with E-state index in [4.69, 9.17) is 14.2 Å². The van der Waals surface area contributed by atoms with Crippen LogP contribution in [0, 0.1) is 0 Å². The molecule has 0 aliphatic rings. The molecule has 0 saturated heterocycles. The molecule has 0 heterocycles. The first-order valence-corrected chi connectivity index (χ1v) is 26.2. The highest BCUT2D eigenvalue weighted by atomic mass is 16.6. The van der Waals surface area contributed by atoms with Crippen molar-refractivity contribution in [2.24, 2.45) is 0 Å². The molecule has 366 valence electrons. The third kappa shape index (κ3) is 44.3. The summed E-state index contributed by atoms with van der Waals surface area (Å²) in [5, 5.41) is 9.66. The van der Waals surface area contributed by atoms with Gasteiger partial charge in [-0.05, 0) is 70.6 Å². The average molecular weight is 887 g/mol. The van der Waals surface area contributed by atoms with E-state index >= 15 is 0 Å². The predicted octanol–water partition coefficient (Wildman–Crippen LogP) is 15.1. The number of hydrogen-bond donors (Lipinski definition) is 1. The van der Waals surface area contributed by atoms with Crippen molar-refractivity contribution in [1.82, 2.24) is 0 Å². The summed E-state index contributed by atoms with van der Waals surface area (Å²) in [6.07, 6.45) is 55.9. The summed E-state index contributed by atoms with van der Waals surface area (Å²) in [5.74, 6) is -1.47. The lowest BCUT2D eigenvalue weighted by molar-refractivity contribution is -0.887. The molecule has 0 saturated carbocycles. The molecule has 0 rings (SSSR count). The number of carbonyl (C=O) groups excluding carboxylic acids is 2. The monoisotopic (exact) mass is 887 g/mol. The number of likely N-dealkylation sites (N-methyl/N-ethyl adjacent to an activating group) is 1. The Kier molecular flexibility index (Phi) is 43.9. The maximum absolute atomic E-state index is 12.8. The number of carbonyl (C=O) groups is 3. The highest BCUT2D eigenvalue weighted by Gasteiger charge is 2.31. The van der Waals surface area contributed by atoms with E-state index in [9.17, 15) is 19.5 Å². The number of carboxylic acid groups (broad SMARTS) is 1. The standard InChI is InChI=1S/C55H99NO7/c1-6-8-10-12-14-16-18-20-22-24-26-28-30-32-34-36-38-40-42-44-46-54(58)63-51(49-61-48-47-52(55(59)60)56(3,4)5)50-62-53(57)45-43-41-39-37-35-33-31-29-27-25-23-21-19-17-15-13-11-9-7-2/h8,10,14,16,20,22,25,27,51-52H,6-7,9,11-13,15,17-19,21,23-24,26,28-50H2,1-5H3/p+1/b10-8+,16-14+,22-20+,27-25+. The van der Waals surface area contributed by atoms with Crippen LogP contribution in [-0.2, 0) is 28.6 Å². The molecular formula is C55H100NO7+. The van der Waals surface area contributed by atoms with Gasteiger partial charge < -0.3 is 23.8 Å². The molecule has 1 N–H and O–H groups in total. The number of allylic oxidation sites excluding steroid dienone is 8. The second-order valence-electron chi connectivity index (χ2n) is 18.7. The summed E-state index contributed by atoms with van der Waals surface area (Å²) < 4.78 is 17.4. The fraction of sp³-hybridized carbons (Fsp3) is 0.800. The van der Waals surface area contributed by atoms with Gasteiger partial charge in [0.25, 0.3) is 0 Å². The number of quaternary nitrogens is 1. The van der Waals surface area contributed by atoms with Gasteiger partial charge in [0, 0.05) is 19.3 Å². The second kappa shape index (κ2) is 45.8. The third-order valence-corrected chi connectivity index (χ3v) is 11.7. The molecule has 0 aliphatic carbocycles. The molecule has 8 heteroatoms. The quantitative estimate of drug-likeness (QED) is 0.0281. The molecule has 2 atom stereocenters. The van der Waals surface area contributed by atoms with Gasteiger partial charge in [0.1, 0.15) is 6.61 Å². The number of hydrogen-bond acceptors (Lipinski definition) is 6. The van der Waals surface area contributed by atoms with Crippen LogP contribution in [0.15, 0.2) is 48.6 Å². The van der Waals surface area contributed by atoms with E-state index in [2.05, 4.69) is 62.5 Å². The fourth-order valence-electron chi connectivity index (χ4n) is 7.69. The number of aliphatic carboxylic acids is 1. The van der Waals surface area contributed by atoms with Crippen molar-refractivity contribution in [1.29, 1.82) is 0 Å². The first-order valence-electron chi connectivity index (χ1n) is 26.2. The Bertz CT molecular complexity index is 1170. The molecule has 0 spiro atoms. The molecule has 0 amide bonds. The van der Waals surface area contributed by atoms with Gasteiger partial charge in [0.2, 0.25) is 0 Å². The Morgan fingerprint density at radius 2 is 0.889 bits per heavy atom. The Morgan fingerprint density at radius 3 is 1.33 bits per heavy atom. The van der Waals surface area contributed by atoms with E-state index in [0.29, 0.717) is 19.3 Å². The van der Waals surface area contributed by atoms with Gasteiger partial charge in [-0.1, -0.05) is 191 Å². The van der Waals surface area contributed by atoms with Crippen molar-refractivity contribution in [2.45, 2.75) is 244 Å². The van der Waals surface area contributed by atoms with Crippen molar-refractivity contribution >= 4 is 17.9 Å². The van der Waals surface area contributed by atoms with Gasteiger partial charge in [0.15, 0.2) is 12.1 Å². The van der Waals surface area contributed by atoms with E-state index in [1.165, 1.54) is 141 Å². The first kappa shape index (κ1) is 60.3. The molecule has 0 fully saturated rings. The molecule has 0 aliphatic heterocycles. The Balaban J connectivity index is 4.23. The van der Waals surface area contributed by atoms with E-state index in [-0.39, 0.29) is 36.2 Å². The SMILES string of the molecule is CC/C=C/C/C=C/C/C=C/CCCCCCCCCCCCC(=O)OC(COCCC(C(=O)O)[N+](C)(C)C)COC(=O)CCCCCCCCC/C=C/CCCCCCCCCC. The maximum atomic E-state index is 12.8. The van der Waals surface area contributed by atoms with Crippen LogP contribution in [0.5, 0.6) is 0 Å². The van der Waals surface area contributed by atoms with Crippen LogP contribution in [0.25, 0.3) is 0 Å². The minimum atomic E-state index is -0.875. The zero-order chi connectivity index (χ0) is 46.3. The third-order valence-electron chi connectivity index (χ3n) is 11.7. The van der Waals surface area contributed by atoms with Gasteiger partial charge in [-0.2, -0.15) is 0 Å². The molecule has 2 unspecified atom stereocenters. The van der Waals surface area contributed by atoms with E-state index < -0.39 is 18.1 Å². The van der Waals surface area contributed by atoms with Crippen molar-refractivity contribution in [2.75, 3.05) is 41.0 Å². The van der Waals surface area contributed by atoms with Crippen molar-refractivity contribution < 1.29 is 38.2 Å². The Hall–Kier alpha value is -2.71. The molecule has 0 bridgehead atoms. The van der Waals surface area contributed by atoms with Crippen LogP contribution >= 0.6 is 0 Å². The zero-order valence-electron chi connectivity index (χ0n) is 41.8. The number of esters is 2. The molecule has 0 aromatic carbocycles. The van der Waals surface area contributed by atoms with E-state index in [1.807, 2.05) is 21.1 Å². The zero-order valence-corrected chi connectivity index (χ0v) is 41.8. The minimum Gasteiger partial charge on any atom is -0.477 e. The van der Waals surface area contributed by atoms with Gasteiger partial charge in [-0.3, -0.25) is 9.59 Å². The van der Waals surface area contributed by atoms with Gasteiger partial charge >= 0.3 is 17.9 Å². The van der Waals surface area contributed by atoms with E-state index in [1.54, 1.807) is 0 Å². The van der Waals surface area contributed by atoms with Crippen LogP contribution in [0.4, 0.5) is 0 Å². The number of rotatable bonds is 47. The Morgan fingerprint density at radius 1 is 0.492 bits per heavy atom. The number of carboxylic acids is 1. The lowest BCUT2D eigenvalue weighted by atomic mass is 10.0. The minimum absolute atomic E-state index is 0.0540. The van der Waals surface area contributed by atoms with Crippen LogP contribution in [0.2, 0.25) is 0 Å². The number of ether oxygens (including phenoxy) is 3. The Labute approximate surface area is 388 Å². The largest absolute Gasteiger partial charge is 0.477 e. The highest BCUT2D eigenvalue weighted by molar-refractivity contribution is 5.72. The molecule has 0 aromatic rings. The highest BCUT2D eigenvalue weighted by Crippen LogP contribution is 2.15. The molecule has 0 aromatic heterocycles. The molecule has 8 nitrogen and oxygen atoms in total.